The molecule has 66 valence electrons. The van der Waals surface area contributed by atoms with Gasteiger partial charge in [-0.25, -0.2) is 0 Å². The number of aryl methyl sites for hydroxylation is 1. The van der Waals surface area contributed by atoms with Crippen molar-refractivity contribution < 1.29 is 10.2 Å². The van der Waals surface area contributed by atoms with Crippen molar-refractivity contribution in [3.63, 3.8) is 0 Å². The first-order valence-corrected chi connectivity index (χ1v) is 3.86. The van der Waals surface area contributed by atoms with Crippen molar-refractivity contribution in [2.75, 3.05) is 0 Å². The summed E-state index contributed by atoms with van der Waals surface area (Å²) in [5, 5.41) is 17.9. The molecule has 0 radical (unpaired) electrons. The summed E-state index contributed by atoms with van der Waals surface area (Å²) in [7, 11) is 0. The molecule has 1 rings (SSSR count). The zero-order valence-electron chi connectivity index (χ0n) is 7.33. The number of aromatic nitrogens is 1. The zero-order valence-corrected chi connectivity index (χ0v) is 7.33. The largest absolute Gasteiger partial charge is 0.392 e. The molecule has 3 nitrogen and oxygen atoms in total. The van der Waals surface area contributed by atoms with Gasteiger partial charge in [0.1, 0.15) is 0 Å². The minimum absolute atomic E-state index is 0.0366. The SMILES string of the molecule is Cc1ncc(CO)c(CO)c1C. The Morgan fingerprint density at radius 1 is 1.25 bits per heavy atom. The van der Waals surface area contributed by atoms with Crippen LogP contribution < -0.4 is 0 Å². The average Bonchev–Trinajstić information content (AvgIpc) is 2.09. The molecule has 0 aromatic carbocycles. The van der Waals surface area contributed by atoms with Crippen LogP contribution in [-0.4, -0.2) is 15.2 Å². The van der Waals surface area contributed by atoms with E-state index in [0.29, 0.717) is 5.56 Å². The summed E-state index contributed by atoms with van der Waals surface area (Å²) in [5.41, 5.74) is 3.37. The molecule has 0 saturated carbocycles. The van der Waals surface area contributed by atoms with E-state index >= 15 is 0 Å². The maximum absolute atomic E-state index is 9.02. The van der Waals surface area contributed by atoms with Crippen molar-refractivity contribution in [2.45, 2.75) is 27.1 Å². The lowest BCUT2D eigenvalue weighted by Gasteiger charge is -2.09. The van der Waals surface area contributed by atoms with E-state index in [9.17, 15) is 0 Å². The van der Waals surface area contributed by atoms with Crippen LogP contribution in [0.3, 0.4) is 0 Å². The molecule has 12 heavy (non-hydrogen) atoms. The number of hydrogen-bond donors (Lipinski definition) is 2. The second-order valence-electron chi connectivity index (χ2n) is 2.79. The fourth-order valence-corrected chi connectivity index (χ4v) is 1.17. The Balaban J connectivity index is 3.25. The van der Waals surface area contributed by atoms with Gasteiger partial charge in [-0.1, -0.05) is 0 Å². The molecule has 1 aromatic heterocycles. The summed E-state index contributed by atoms with van der Waals surface area (Å²) in [6.07, 6.45) is 1.61. The van der Waals surface area contributed by atoms with Gasteiger partial charge in [-0.3, -0.25) is 4.98 Å². The number of nitrogens with zero attached hydrogens (tertiary/aromatic N) is 1. The highest BCUT2D eigenvalue weighted by molar-refractivity contribution is 5.34. The van der Waals surface area contributed by atoms with Gasteiger partial charge >= 0.3 is 0 Å². The molecule has 0 saturated heterocycles. The summed E-state index contributed by atoms with van der Waals surface area (Å²) >= 11 is 0. The van der Waals surface area contributed by atoms with Crippen LogP contribution in [0.1, 0.15) is 22.4 Å². The predicted molar refractivity (Wildman–Crippen MR) is 45.6 cm³/mol. The second kappa shape index (κ2) is 3.65. The molecule has 2 N–H and O–H groups in total. The highest BCUT2D eigenvalue weighted by atomic mass is 16.3. The lowest BCUT2D eigenvalue weighted by atomic mass is 10.0. The monoisotopic (exact) mass is 167 g/mol. The average molecular weight is 167 g/mol. The fraction of sp³-hybridized carbons (Fsp3) is 0.444. The summed E-state index contributed by atoms with van der Waals surface area (Å²) in [6.45, 7) is 3.68. The first kappa shape index (κ1) is 9.16. The van der Waals surface area contributed by atoms with Gasteiger partial charge in [0.25, 0.3) is 0 Å². The molecule has 0 aliphatic carbocycles. The molecule has 3 heteroatoms. The molecule has 0 amide bonds. The maximum atomic E-state index is 9.02. The second-order valence-corrected chi connectivity index (χ2v) is 2.79. The Labute approximate surface area is 71.7 Å². The number of hydrogen-bond acceptors (Lipinski definition) is 3. The van der Waals surface area contributed by atoms with Crippen LogP contribution in [0.5, 0.6) is 0 Å². The van der Waals surface area contributed by atoms with E-state index in [4.69, 9.17) is 10.2 Å². The molecule has 0 bridgehead atoms. The van der Waals surface area contributed by atoms with E-state index in [1.807, 2.05) is 13.8 Å². The standard InChI is InChI=1S/C9H13NO2/c1-6-7(2)10-3-8(4-11)9(6)5-12/h3,11-12H,4-5H2,1-2H3. The smallest absolute Gasteiger partial charge is 0.0700 e. The van der Waals surface area contributed by atoms with Crippen LogP contribution in [0.25, 0.3) is 0 Å². The maximum Gasteiger partial charge on any atom is 0.0700 e. The minimum Gasteiger partial charge on any atom is -0.392 e. The van der Waals surface area contributed by atoms with Crippen LogP contribution in [0.2, 0.25) is 0 Å². The molecule has 1 aromatic rings. The third kappa shape index (κ3) is 1.47. The van der Waals surface area contributed by atoms with Gasteiger partial charge in [0.2, 0.25) is 0 Å². The van der Waals surface area contributed by atoms with E-state index < -0.39 is 0 Å². The number of aliphatic hydroxyl groups excluding tert-OH is 2. The molecule has 0 aliphatic rings. The Morgan fingerprint density at radius 3 is 2.42 bits per heavy atom. The van der Waals surface area contributed by atoms with Crippen molar-refractivity contribution >= 4 is 0 Å². The van der Waals surface area contributed by atoms with Gasteiger partial charge in [-0.05, 0) is 25.0 Å². The van der Waals surface area contributed by atoms with Crippen LogP contribution in [-0.2, 0) is 13.2 Å². The Hall–Kier alpha value is -0.930. The topological polar surface area (TPSA) is 53.4 Å². The lowest BCUT2D eigenvalue weighted by molar-refractivity contribution is 0.258. The molecule has 0 unspecified atom stereocenters. The molecular formula is C9H13NO2. The predicted octanol–water partition coefficient (Wildman–Crippen LogP) is 0.683. The first-order chi connectivity index (χ1) is 5.70. The lowest BCUT2D eigenvalue weighted by Crippen LogP contribution is -2.01. The summed E-state index contributed by atoms with van der Waals surface area (Å²) < 4.78 is 0. The molecule has 0 fully saturated rings. The van der Waals surface area contributed by atoms with E-state index in [0.717, 1.165) is 16.8 Å². The number of aliphatic hydroxyl groups is 2. The Morgan fingerprint density at radius 2 is 1.92 bits per heavy atom. The third-order valence-electron chi connectivity index (χ3n) is 2.13. The van der Waals surface area contributed by atoms with Gasteiger partial charge in [0.05, 0.1) is 13.2 Å². The van der Waals surface area contributed by atoms with Crippen molar-refractivity contribution in [1.29, 1.82) is 0 Å². The first-order valence-electron chi connectivity index (χ1n) is 3.86. The van der Waals surface area contributed by atoms with Crippen LogP contribution in [0.4, 0.5) is 0 Å². The van der Waals surface area contributed by atoms with Gasteiger partial charge in [-0.15, -0.1) is 0 Å². The minimum atomic E-state index is -0.0655. The highest BCUT2D eigenvalue weighted by Gasteiger charge is 2.06. The van der Waals surface area contributed by atoms with Gasteiger partial charge in [-0.2, -0.15) is 0 Å². The zero-order chi connectivity index (χ0) is 9.14. The molecule has 0 atom stereocenters. The Kier molecular flexibility index (Phi) is 2.78. The molecular weight excluding hydrogens is 154 g/mol. The quantitative estimate of drug-likeness (QED) is 0.681. The summed E-state index contributed by atoms with van der Waals surface area (Å²) in [4.78, 5) is 4.09. The number of pyridine rings is 1. The van der Waals surface area contributed by atoms with Gasteiger partial charge in [0.15, 0.2) is 0 Å². The van der Waals surface area contributed by atoms with Gasteiger partial charge < -0.3 is 10.2 Å². The van der Waals surface area contributed by atoms with Crippen LogP contribution in [0, 0.1) is 13.8 Å². The van der Waals surface area contributed by atoms with Crippen LogP contribution in [0.15, 0.2) is 6.20 Å². The Bertz CT molecular complexity index is 284. The summed E-state index contributed by atoms with van der Waals surface area (Å²) in [5.74, 6) is 0. The fourth-order valence-electron chi connectivity index (χ4n) is 1.17. The highest BCUT2D eigenvalue weighted by Crippen LogP contribution is 2.15. The molecule has 0 aliphatic heterocycles. The number of rotatable bonds is 2. The third-order valence-corrected chi connectivity index (χ3v) is 2.13. The van der Waals surface area contributed by atoms with Crippen molar-refractivity contribution in [3.8, 4) is 0 Å². The van der Waals surface area contributed by atoms with E-state index in [2.05, 4.69) is 4.98 Å². The normalized spacial score (nSPS) is 10.3. The van der Waals surface area contributed by atoms with E-state index in [-0.39, 0.29) is 13.2 Å². The molecule has 1 heterocycles. The van der Waals surface area contributed by atoms with Crippen molar-refractivity contribution in [3.05, 3.63) is 28.6 Å². The van der Waals surface area contributed by atoms with E-state index in [1.54, 1.807) is 6.20 Å². The van der Waals surface area contributed by atoms with Crippen molar-refractivity contribution in [2.24, 2.45) is 0 Å². The van der Waals surface area contributed by atoms with Gasteiger partial charge in [0, 0.05) is 17.5 Å². The van der Waals surface area contributed by atoms with Crippen LogP contribution >= 0.6 is 0 Å². The van der Waals surface area contributed by atoms with Crippen molar-refractivity contribution in [1.82, 2.24) is 4.98 Å². The summed E-state index contributed by atoms with van der Waals surface area (Å²) in [6, 6.07) is 0. The molecule has 0 spiro atoms. The van der Waals surface area contributed by atoms with E-state index in [1.165, 1.54) is 0 Å².